The molecule has 0 saturated carbocycles. The van der Waals surface area contributed by atoms with Crippen LogP contribution in [-0.4, -0.2) is 100 Å². The van der Waals surface area contributed by atoms with Gasteiger partial charge in [0, 0.05) is 52.4 Å². The first-order chi connectivity index (χ1) is 14.6. The van der Waals surface area contributed by atoms with Gasteiger partial charge in [-0.05, 0) is 57.6 Å². The predicted octanol–water partition coefficient (Wildman–Crippen LogP) is 2.25. The quantitative estimate of drug-likeness (QED) is 0.298. The summed E-state index contributed by atoms with van der Waals surface area (Å²) < 4.78 is 5.34. The third kappa shape index (κ3) is 7.76. The number of nitrogens with one attached hydrogen (secondary N) is 2. The number of methoxy groups -OCH3 is 1. The number of hydrogen-bond acceptors (Lipinski definition) is 5. The fourth-order valence-corrected chi connectivity index (χ4v) is 4.39. The van der Waals surface area contributed by atoms with Crippen molar-refractivity contribution < 1.29 is 4.74 Å². The van der Waals surface area contributed by atoms with Crippen molar-refractivity contribution in [3.63, 3.8) is 0 Å². The third-order valence-corrected chi connectivity index (χ3v) is 6.49. The van der Waals surface area contributed by atoms with Crippen LogP contribution in [0.4, 0.5) is 0 Å². The van der Waals surface area contributed by atoms with Crippen molar-refractivity contribution in [2.24, 2.45) is 4.99 Å². The molecule has 2 heterocycles. The molecule has 1 aromatic rings. The summed E-state index contributed by atoms with van der Waals surface area (Å²) in [5.74, 6) is 1.79. The summed E-state index contributed by atoms with van der Waals surface area (Å²) in [6.07, 6.45) is 2.56. The van der Waals surface area contributed by atoms with Crippen LogP contribution < -0.4 is 15.4 Å². The SMILES string of the molecule is CN=C(NCC(C)N1CCN(C)CC1)NCC(c1ccc(OC)cc1)N1CCCC1.I. The highest BCUT2D eigenvalue weighted by molar-refractivity contribution is 14.0. The summed E-state index contributed by atoms with van der Waals surface area (Å²) >= 11 is 0. The summed E-state index contributed by atoms with van der Waals surface area (Å²) in [4.78, 5) is 12.0. The van der Waals surface area contributed by atoms with Crippen molar-refractivity contribution in [1.82, 2.24) is 25.3 Å². The van der Waals surface area contributed by atoms with Gasteiger partial charge in [0.2, 0.25) is 0 Å². The van der Waals surface area contributed by atoms with E-state index < -0.39 is 0 Å². The summed E-state index contributed by atoms with van der Waals surface area (Å²) in [6.45, 7) is 10.9. The van der Waals surface area contributed by atoms with Crippen LogP contribution in [0.2, 0.25) is 0 Å². The molecule has 2 aliphatic heterocycles. The van der Waals surface area contributed by atoms with E-state index in [1.807, 2.05) is 7.05 Å². The lowest BCUT2D eigenvalue weighted by Gasteiger charge is -2.36. The molecule has 0 bridgehead atoms. The predicted molar refractivity (Wildman–Crippen MR) is 140 cm³/mol. The second kappa shape index (κ2) is 13.4. The Morgan fingerprint density at radius 2 is 1.58 bits per heavy atom. The van der Waals surface area contributed by atoms with Gasteiger partial charge < -0.3 is 20.3 Å². The molecule has 3 rings (SSSR count). The Bertz CT molecular complexity index is 657. The van der Waals surface area contributed by atoms with Crippen LogP contribution in [0.3, 0.4) is 0 Å². The minimum absolute atomic E-state index is 0. The molecule has 2 N–H and O–H groups in total. The molecule has 7 nitrogen and oxygen atoms in total. The minimum Gasteiger partial charge on any atom is -0.497 e. The van der Waals surface area contributed by atoms with Crippen molar-refractivity contribution in [3.8, 4) is 5.75 Å². The Labute approximate surface area is 205 Å². The van der Waals surface area contributed by atoms with Crippen LogP contribution in [0.1, 0.15) is 31.4 Å². The Balaban J connectivity index is 0.00000341. The number of likely N-dealkylation sites (tertiary alicyclic amines) is 1. The Morgan fingerprint density at radius 1 is 0.968 bits per heavy atom. The maximum atomic E-state index is 5.34. The zero-order valence-corrected chi connectivity index (χ0v) is 22.0. The van der Waals surface area contributed by atoms with Gasteiger partial charge in [-0.15, -0.1) is 24.0 Å². The van der Waals surface area contributed by atoms with E-state index in [1.165, 1.54) is 18.4 Å². The van der Waals surface area contributed by atoms with Crippen LogP contribution in [0, 0.1) is 0 Å². The molecule has 176 valence electrons. The van der Waals surface area contributed by atoms with Gasteiger partial charge in [-0.2, -0.15) is 0 Å². The van der Waals surface area contributed by atoms with Crippen molar-refractivity contribution >= 4 is 29.9 Å². The average molecular weight is 545 g/mol. The van der Waals surface area contributed by atoms with Crippen LogP contribution >= 0.6 is 24.0 Å². The number of hydrogen-bond donors (Lipinski definition) is 2. The number of likely N-dealkylation sites (N-methyl/N-ethyl adjacent to an activating group) is 1. The van der Waals surface area contributed by atoms with E-state index in [0.29, 0.717) is 12.1 Å². The van der Waals surface area contributed by atoms with Gasteiger partial charge in [0.25, 0.3) is 0 Å². The van der Waals surface area contributed by atoms with Gasteiger partial charge in [-0.25, -0.2) is 0 Å². The van der Waals surface area contributed by atoms with Gasteiger partial charge >= 0.3 is 0 Å². The second-order valence-electron chi connectivity index (χ2n) is 8.55. The largest absolute Gasteiger partial charge is 0.497 e. The molecule has 31 heavy (non-hydrogen) atoms. The lowest BCUT2D eigenvalue weighted by molar-refractivity contribution is 0.120. The van der Waals surface area contributed by atoms with E-state index in [9.17, 15) is 0 Å². The smallest absolute Gasteiger partial charge is 0.191 e. The minimum atomic E-state index is 0. The van der Waals surface area contributed by atoms with Crippen molar-refractivity contribution in [2.75, 3.05) is 73.6 Å². The molecular formula is C23H41IN6O. The zero-order chi connectivity index (χ0) is 21.3. The number of ether oxygens (including phenoxy) is 1. The highest BCUT2D eigenvalue weighted by atomic mass is 127. The van der Waals surface area contributed by atoms with E-state index >= 15 is 0 Å². The zero-order valence-electron chi connectivity index (χ0n) is 19.6. The molecular weight excluding hydrogens is 503 g/mol. The van der Waals surface area contributed by atoms with Gasteiger partial charge in [0.1, 0.15) is 5.75 Å². The topological polar surface area (TPSA) is 55.4 Å². The third-order valence-electron chi connectivity index (χ3n) is 6.49. The van der Waals surface area contributed by atoms with Gasteiger partial charge in [-0.1, -0.05) is 12.1 Å². The van der Waals surface area contributed by atoms with Gasteiger partial charge in [0.15, 0.2) is 5.96 Å². The van der Waals surface area contributed by atoms with Crippen LogP contribution in [-0.2, 0) is 0 Å². The summed E-state index contributed by atoms with van der Waals surface area (Å²) in [5, 5.41) is 7.12. The van der Waals surface area contributed by atoms with E-state index in [4.69, 9.17) is 4.74 Å². The summed E-state index contributed by atoms with van der Waals surface area (Å²) in [7, 11) is 5.77. The number of aliphatic imine (C=N–C) groups is 1. The first-order valence-corrected chi connectivity index (χ1v) is 11.4. The number of piperazine rings is 1. The molecule has 0 aliphatic carbocycles. The monoisotopic (exact) mass is 544 g/mol. The Hall–Kier alpha value is -1.10. The molecule has 1 aromatic carbocycles. The molecule has 0 radical (unpaired) electrons. The fraction of sp³-hybridized carbons (Fsp3) is 0.696. The van der Waals surface area contributed by atoms with Crippen molar-refractivity contribution in [1.29, 1.82) is 0 Å². The van der Waals surface area contributed by atoms with Gasteiger partial charge in [0.05, 0.1) is 13.2 Å². The first-order valence-electron chi connectivity index (χ1n) is 11.4. The molecule has 2 aliphatic rings. The summed E-state index contributed by atoms with van der Waals surface area (Å²) in [5.41, 5.74) is 1.33. The molecule has 0 aromatic heterocycles. The number of rotatable bonds is 8. The normalized spacial score (nSPS) is 20.7. The highest BCUT2D eigenvalue weighted by Crippen LogP contribution is 2.26. The molecule has 0 spiro atoms. The van der Waals surface area contributed by atoms with Crippen molar-refractivity contribution in [2.45, 2.75) is 31.8 Å². The van der Waals surface area contributed by atoms with Crippen LogP contribution in [0.25, 0.3) is 0 Å². The highest BCUT2D eigenvalue weighted by Gasteiger charge is 2.24. The maximum Gasteiger partial charge on any atom is 0.191 e. The van der Waals surface area contributed by atoms with Gasteiger partial charge in [-0.3, -0.25) is 14.8 Å². The average Bonchev–Trinajstić information content (AvgIpc) is 3.31. The fourth-order valence-electron chi connectivity index (χ4n) is 4.39. The standard InChI is InChI=1S/C23H40N6O.HI/c1-19(28-15-13-27(3)14-16-28)17-25-23(24-2)26-18-22(29-11-5-6-12-29)20-7-9-21(30-4)10-8-20;/h7-10,19,22H,5-6,11-18H2,1-4H3,(H2,24,25,26);1H. The first kappa shape index (κ1) is 26.2. The van der Waals surface area contributed by atoms with E-state index in [1.54, 1.807) is 7.11 Å². The summed E-state index contributed by atoms with van der Waals surface area (Å²) in [6, 6.07) is 9.33. The molecule has 2 saturated heterocycles. The second-order valence-corrected chi connectivity index (χ2v) is 8.55. The van der Waals surface area contributed by atoms with E-state index in [-0.39, 0.29) is 24.0 Å². The number of nitrogens with zero attached hydrogens (tertiary/aromatic N) is 4. The van der Waals surface area contributed by atoms with Crippen molar-refractivity contribution in [3.05, 3.63) is 29.8 Å². The lowest BCUT2D eigenvalue weighted by atomic mass is 10.1. The molecule has 2 atom stereocenters. The maximum absolute atomic E-state index is 5.34. The van der Waals surface area contributed by atoms with Crippen LogP contribution in [0.5, 0.6) is 5.75 Å². The number of halogens is 1. The lowest BCUT2D eigenvalue weighted by Crippen LogP contribution is -2.52. The molecule has 2 fully saturated rings. The van der Waals surface area contributed by atoms with E-state index in [0.717, 1.165) is 64.1 Å². The molecule has 2 unspecified atom stereocenters. The molecule has 0 amide bonds. The Morgan fingerprint density at radius 3 is 2.16 bits per heavy atom. The number of guanidine groups is 1. The Kier molecular flexibility index (Phi) is 11.3. The van der Waals surface area contributed by atoms with E-state index in [2.05, 4.69) is 68.6 Å². The molecule has 8 heteroatoms. The van der Waals surface area contributed by atoms with Crippen LogP contribution in [0.15, 0.2) is 29.3 Å². The number of benzene rings is 1.